The van der Waals surface area contributed by atoms with Crippen LogP contribution in [0.15, 0.2) is 27.9 Å². The molecule has 0 aromatic carbocycles. The highest BCUT2D eigenvalue weighted by molar-refractivity contribution is 7.13. The number of fused-ring (bicyclic) bond motifs is 2. The van der Waals surface area contributed by atoms with Crippen LogP contribution < -0.4 is 5.43 Å². The summed E-state index contributed by atoms with van der Waals surface area (Å²) >= 11 is 2.78. The zero-order valence-electron chi connectivity index (χ0n) is 9.93. The van der Waals surface area contributed by atoms with E-state index in [1.807, 2.05) is 17.5 Å². The number of aromatic nitrogens is 1. The smallest absolute Gasteiger partial charge is 0.219 e. The molecule has 0 N–H and O–H groups in total. The van der Waals surface area contributed by atoms with Gasteiger partial charge in [0, 0.05) is 5.57 Å². The van der Waals surface area contributed by atoms with E-state index >= 15 is 0 Å². The number of Topliss-reactive ketones (excluding diaryl/α,β-unsaturated/α-hetero) is 1. The maximum Gasteiger partial charge on any atom is 0.219 e. The van der Waals surface area contributed by atoms with Crippen molar-refractivity contribution in [3.63, 3.8) is 0 Å². The molecule has 19 heavy (non-hydrogen) atoms. The molecule has 94 valence electrons. The average Bonchev–Trinajstić information content (AvgIpc) is 3.11. The first kappa shape index (κ1) is 11.3. The molecule has 0 saturated carbocycles. The Balaban J connectivity index is 1.97. The Morgan fingerprint density at radius 3 is 2.79 bits per heavy atom. The van der Waals surface area contributed by atoms with Crippen molar-refractivity contribution in [1.29, 1.82) is 0 Å². The molecule has 0 amide bonds. The lowest BCUT2D eigenvalue weighted by molar-refractivity contribution is 0.103. The van der Waals surface area contributed by atoms with Crippen LogP contribution in [0.4, 0.5) is 0 Å². The van der Waals surface area contributed by atoms with Gasteiger partial charge in [0.05, 0.1) is 15.3 Å². The molecule has 0 saturated heterocycles. The summed E-state index contributed by atoms with van der Waals surface area (Å²) in [5.41, 5.74) is 2.53. The fraction of sp³-hybridized carbons (Fsp3) is 0.214. The van der Waals surface area contributed by atoms with E-state index in [1.54, 1.807) is 0 Å². The summed E-state index contributed by atoms with van der Waals surface area (Å²) in [5.74, 6) is -0.0519. The lowest BCUT2D eigenvalue weighted by Gasteiger charge is -2.02. The van der Waals surface area contributed by atoms with Crippen LogP contribution in [0, 0.1) is 0 Å². The SMILES string of the molecule is O=C1C2=C(CCC2)c2snc(-c3cccs3)c(=O)c21. The summed E-state index contributed by atoms with van der Waals surface area (Å²) in [7, 11) is 0. The Hall–Kier alpha value is -1.59. The fourth-order valence-electron chi connectivity index (χ4n) is 2.78. The Bertz CT molecular complexity index is 784. The number of nitrogens with zero attached hydrogens (tertiary/aromatic N) is 1. The van der Waals surface area contributed by atoms with Crippen LogP contribution in [-0.2, 0) is 0 Å². The Kier molecular flexibility index (Phi) is 2.34. The third-order valence-corrected chi connectivity index (χ3v) is 5.43. The van der Waals surface area contributed by atoms with Gasteiger partial charge in [-0.2, -0.15) is 4.37 Å². The molecule has 5 heteroatoms. The normalized spacial score (nSPS) is 16.9. The molecule has 2 aliphatic carbocycles. The molecule has 0 radical (unpaired) electrons. The largest absolute Gasteiger partial charge is 0.289 e. The van der Waals surface area contributed by atoms with E-state index in [-0.39, 0.29) is 11.2 Å². The minimum atomic E-state index is -0.199. The molecule has 4 rings (SSSR count). The summed E-state index contributed by atoms with van der Waals surface area (Å²) in [5, 5.41) is 1.91. The standard InChI is InChI=1S/C14H9NO2S2/c16-12-7-3-1-4-8(7)14-10(12)13(17)11(15-19-14)9-5-2-6-18-9/h2,5-6H,1,3-4H2. The molecule has 2 heterocycles. The van der Waals surface area contributed by atoms with Crippen molar-refractivity contribution >= 4 is 34.2 Å². The van der Waals surface area contributed by atoms with Crippen LogP contribution in [0.25, 0.3) is 16.1 Å². The van der Waals surface area contributed by atoms with Gasteiger partial charge in [-0.25, -0.2) is 0 Å². The molecule has 2 aliphatic rings. The number of rotatable bonds is 1. The van der Waals surface area contributed by atoms with Crippen LogP contribution >= 0.6 is 22.9 Å². The van der Waals surface area contributed by atoms with Gasteiger partial charge >= 0.3 is 0 Å². The second-order valence-electron chi connectivity index (χ2n) is 4.68. The minimum absolute atomic E-state index is 0.0519. The lowest BCUT2D eigenvalue weighted by Crippen LogP contribution is -2.16. The average molecular weight is 287 g/mol. The number of ketones is 1. The second-order valence-corrected chi connectivity index (χ2v) is 6.40. The molecule has 0 unspecified atom stereocenters. The quantitative estimate of drug-likeness (QED) is 0.808. The van der Waals surface area contributed by atoms with Gasteiger partial charge in [-0.05, 0) is 47.8 Å². The van der Waals surface area contributed by atoms with Gasteiger partial charge in [-0.1, -0.05) is 6.07 Å². The van der Waals surface area contributed by atoms with Gasteiger partial charge in [-0.15, -0.1) is 11.3 Å². The molecule has 2 aromatic heterocycles. The second kappa shape index (κ2) is 3.95. The van der Waals surface area contributed by atoms with Crippen LogP contribution in [0.1, 0.15) is 34.5 Å². The van der Waals surface area contributed by atoms with Crippen LogP contribution in [0.2, 0.25) is 0 Å². The van der Waals surface area contributed by atoms with Crippen molar-refractivity contribution in [2.75, 3.05) is 0 Å². The summed E-state index contributed by atoms with van der Waals surface area (Å²) in [6.07, 6.45) is 2.73. The van der Waals surface area contributed by atoms with E-state index in [2.05, 4.69) is 4.37 Å². The Morgan fingerprint density at radius 2 is 2.00 bits per heavy atom. The van der Waals surface area contributed by atoms with E-state index in [9.17, 15) is 9.59 Å². The first-order chi connectivity index (χ1) is 9.27. The van der Waals surface area contributed by atoms with Crippen molar-refractivity contribution in [2.45, 2.75) is 19.3 Å². The molecular weight excluding hydrogens is 278 g/mol. The van der Waals surface area contributed by atoms with Crippen LogP contribution in [-0.4, -0.2) is 10.2 Å². The predicted octanol–water partition coefficient (Wildman–Crippen LogP) is 3.37. The van der Waals surface area contributed by atoms with Gasteiger partial charge in [0.2, 0.25) is 5.43 Å². The van der Waals surface area contributed by atoms with Crippen molar-refractivity contribution in [3.8, 4) is 10.6 Å². The first-order valence-electron chi connectivity index (χ1n) is 6.12. The number of thiophene rings is 1. The molecular formula is C14H9NO2S2. The number of hydrogen-bond acceptors (Lipinski definition) is 5. The highest BCUT2D eigenvalue weighted by Crippen LogP contribution is 2.43. The van der Waals surface area contributed by atoms with E-state index in [0.29, 0.717) is 11.3 Å². The Morgan fingerprint density at radius 1 is 1.16 bits per heavy atom. The highest BCUT2D eigenvalue weighted by Gasteiger charge is 2.36. The van der Waals surface area contributed by atoms with Crippen LogP contribution in [0.5, 0.6) is 0 Å². The minimum Gasteiger partial charge on any atom is -0.289 e. The summed E-state index contributed by atoms with van der Waals surface area (Å²) in [6.45, 7) is 0. The maximum absolute atomic E-state index is 12.5. The third-order valence-electron chi connectivity index (χ3n) is 3.65. The van der Waals surface area contributed by atoms with Crippen LogP contribution in [0.3, 0.4) is 0 Å². The van der Waals surface area contributed by atoms with Crippen molar-refractivity contribution in [3.05, 3.63) is 43.7 Å². The summed E-state index contributed by atoms with van der Waals surface area (Å²) < 4.78 is 4.34. The fourth-order valence-corrected chi connectivity index (χ4v) is 4.52. The molecule has 2 aromatic rings. The van der Waals surface area contributed by atoms with Gasteiger partial charge in [0.1, 0.15) is 5.69 Å². The highest BCUT2D eigenvalue weighted by atomic mass is 32.1. The number of carbonyl (C=O) groups excluding carboxylic acids is 1. The van der Waals surface area contributed by atoms with Crippen molar-refractivity contribution in [1.82, 2.24) is 4.37 Å². The molecule has 0 aliphatic heterocycles. The topological polar surface area (TPSA) is 47.0 Å². The van der Waals surface area contributed by atoms with Crippen molar-refractivity contribution < 1.29 is 4.79 Å². The van der Waals surface area contributed by atoms with E-state index in [0.717, 1.165) is 40.2 Å². The van der Waals surface area contributed by atoms with Gasteiger partial charge in [0.25, 0.3) is 0 Å². The van der Waals surface area contributed by atoms with Crippen molar-refractivity contribution in [2.24, 2.45) is 0 Å². The van der Waals surface area contributed by atoms with E-state index < -0.39 is 0 Å². The lowest BCUT2D eigenvalue weighted by atomic mass is 10.1. The predicted molar refractivity (Wildman–Crippen MR) is 76.8 cm³/mol. The summed E-state index contributed by atoms with van der Waals surface area (Å²) in [6, 6.07) is 3.76. The van der Waals surface area contributed by atoms with Gasteiger partial charge < -0.3 is 0 Å². The third kappa shape index (κ3) is 1.45. The number of allylic oxidation sites excluding steroid dienone is 2. The zero-order valence-corrected chi connectivity index (χ0v) is 11.6. The molecule has 3 nitrogen and oxygen atoms in total. The number of hydrogen-bond donors (Lipinski definition) is 0. The van der Waals surface area contributed by atoms with E-state index in [4.69, 9.17) is 0 Å². The molecule has 0 fully saturated rings. The monoisotopic (exact) mass is 287 g/mol. The maximum atomic E-state index is 12.5. The van der Waals surface area contributed by atoms with E-state index in [1.165, 1.54) is 22.9 Å². The summed E-state index contributed by atoms with van der Waals surface area (Å²) in [4.78, 5) is 26.5. The molecule has 0 bridgehead atoms. The molecule has 0 atom stereocenters. The zero-order chi connectivity index (χ0) is 13.0. The molecule has 0 spiro atoms. The first-order valence-corrected chi connectivity index (χ1v) is 7.77. The van der Waals surface area contributed by atoms with Gasteiger partial charge in [-0.3, -0.25) is 9.59 Å². The Labute approximate surface area is 117 Å². The number of carbonyl (C=O) groups is 1. The van der Waals surface area contributed by atoms with Gasteiger partial charge in [0.15, 0.2) is 5.78 Å².